The topological polar surface area (TPSA) is 92.1 Å². The summed E-state index contributed by atoms with van der Waals surface area (Å²) in [7, 11) is 5.20. The molecular weight excluding hydrogens is 470 g/mol. The van der Waals surface area contributed by atoms with Crippen LogP contribution in [0, 0.1) is 11.3 Å². The zero-order chi connectivity index (χ0) is 26.4. The number of methoxy groups -OCH3 is 1. The molecule has 4 atom stereocenters. The van der Waals surface area contributed by atoms with Gasteiger partial charge in [0.1, 0.15) is 11.9 Å². The largest absolute Gasteiger partial charge is 0.493 e. The van der Waals surface area contributed by atoms with Crippen molar-refractivity contribution in [2.24, 2.45) is 0 Å². The Morgan fingerprint density at radius 2 is 1.78 bits per heavy atom. The van der Waals surface area contributed by atoms with Gasteiger partial charge in [-0.25, -0.2) is 0 Å². The fraction of sp³-hybridized carbons (Fsp3) is 0.483. The van der Waals surface area contributed by atoms with Crippen molar-refractivity contribution in [3.63, 3.8) is 0 Å². The van der Waals surface area contributed by atoms with E-state index in [1.54, 1.807) is 49.2 Å². The third kappa shape index (κ3) is 6.48. The molecule has 2 amide bonds. The predicted octanol–water partition coefficient (Wildman–Crippen LogP) is 3.61. The van der Waals surface area contributed by atoms with Crippen LogP contribution in [-0.4, -0.2) is 80.8 Å². The molecule has 0 radical (unpaired) electrons. The molecule has 0 spiro atoms. The molecule has 1 fully saturated rings. The lowest BCUT2D eigenvalue weighted by Crippen LogP contribution is -2.48. The standard InChI is InChI=1S/C29H35N3O5/c1-31-19-27-26(35-3)12-10-23(37-27)13-14-36-25-11-9-20(17-30)15-24(25)29(34)32(2)18-22(16-28(31)33)21-7-5-4-6-8-21/h4-9,11,15,22-23,26-27H,10,12-14,16,18-19H2,1-3H3/t22-,23-,26-,27+/m1/s1. The summed E-state index contributed by atoms with van der Waals surface area (Å²) in [6.07, 6.45) is 2.21. The first-order chi connectivity index (χ1) is 17.9. The van der Waals surface area contributed by atoms with Crippen molar-refractivity contribution >= 4 is 11.8 Å². The van der Waals surface area contributed by atoms with Gasteiger partial charge in [0.15, 0.2) is 0 Å². The minimum Gasteiger partial charge on any atom is -0.493 e. The number of hydrogen-bond acceptors (Lipinski definition) is 6. The number of likely N-dealkylation sites (N-methyl/N-ethyl adjacent to an activating group) is 2. The number of benzene rings is 2. The van der Waals surface area contributed by atoms with E-state index in [2.05, 4.69) is 6.07 Å². The van der Waals surface area contributed by atoms with E-state index in [9.17, 15) is 14.9 Å². The highest BCUT2D eigenvalue weighted by Crippen LogP contribution is 2.29. The predicted molar refractivity (Wildman–Crippen MR) is 138 cm³/mol. The summed E-state index contributed by atoms with van der Waals surface area (Å²) in [4.78, 5) is 30.3. The number of ether oxygens (including phenoxy) is 3. The molecule has 37 heavy (non-hydrogen) atoms. The Morgan fingerprint density at radius 1 is 1.00 bits per heavy atom. The summed E-state index contributed by atoms with van der Waals surface area (Å²) in [5, 5.41) is 9.43. The van der Waals surface area contributed by atoms with E-state index in [1.165, 1.54) is 0 Å². The molecule has 0 N–H and O–H groups in total. The maximum absolute atomic E-state index is 13.6. The van der Waals surface area contributed by atoms with Crippen LogP contribution < -0.4 is 4.74 Å². The molecule has 1 saturated heterocycles. The molecule has 196 valence electrons. The van der Waals surface area contributed by atoms with E-state index < -0.39 is 0 Å². The average molecular weight is 506 g/mol. The van der Waals surface area contributed by atoms with E-state index in [1.807, 2.05) is 30.3 Å². The summed E-state index contributed by atoms with van der Waals surface area (Å²) in [6, 6.07) is 16.8. The normalized spacial score (nSPS) is 25.7. The molecule has 2 aliphatic rings. The van der Waals surface area contributed by atoms with Gasteiger partial charge < -0.3 is 24.0 Å². The second kappa shape index (κ2) is 12.2. The van der Waals surface area contributed by atoms with E-state index in [0.717, 1.165) is 18.4 Å². The van der Waals surface area contributed by atoms with Crippen molar-refractivity contribution in [3.8, 4) is 11.8 Å². The average Bonchev–Trinajstić information content (AvgIpc) is 2.92. The highest BCUT2D eigenvalue weighted by molar-refractivity contribution is 5.97. The van der Waals surface area contributed by atoms with Gasteiger partial charge in [-0.15, -0.1) is 0 Å². The number of hydrogen-bond donors (Lipinski definition) is 0. The van der Waals surface area contributed by atoms with Crippen LogP contribution in [0.3, 0.4) is 0 Å². The van der Waals surface area contributed by atoms with Crippen molar-refractivity contribution in [2.45, 2.75) is 49.9 Å². The number of rotatable bonds is 2. The lowest BCUT2D eigenvalue weighted by molar-refractivity contribution is -0.150. The molecule has 2 heterocycles. The van der Waals surface area contributed by atoms with Gasteiger partial charge in [-0.05, 0) is 36.6 Å². The monoisotopic (exact) mass is 505 g/mol. The molecule has 0 aromatic heterocycles. The second-order valence-corrected chi connectivity index (χ2v) is 9.88. The molecule has 2 aliphatic heterocycles. The lowest BCUT2D eigenvalue weighted by Gasteiger charge is -2.38. The molecule has 0 unspecified atom stereocenters. The number of fused-ring (bicyclic) bond motifs is 3. The summed E-state index contributed by atoms with van der Waals surface area (Å²) in [5.41, 5.74) is 1.71. The van der Waals surface area contributed by atoms with Crippen LogP contribution in [0.1, 0.15) is 53.1 Å². The molecule has 2 aromatic rings. The SMILES string of the molecule is CO[C@@H]1CC[C@@H]2CCOc3ccc(C#N)cc3C(=O)N(C)C[C@H](c3ccccc3)CC(=O)N(C)C[C@@H]1O2. The first kappa shape index (κ1) is 26.6. The number of nitriles is 1. The number of carbonyl (C=O) groups is 2. The van der Waals surface area contributed by atoms with E-state index in [0.29, 0.717) is 43.0 Å². The van der Waals surface area contributed by atoms with Gasteiger partial charge in [-0.3, -0.25) is 9.59 Å². The lowest BCUT2D eigenvalue weighted by atomic mass is 9.93. The summed E-state index contributed by atoms with van der Waals surface area (Å²) in [5.74, 6) is -0.0346. The fourth-order valence-corrected chi connectivity index (χ4v) is 5.14. The Kier molecular flexibility index (Phi) is 8.80. The van der Waals surface area contributed by atoms with Gasteiger partial charge >= 0.3 is 0 Å². The first-order valence-corrected chi connectivity index (χ1v) is 12.8. The van der Waals surface area contributed by atoms with Gasteiger partial charge in [0.25, 0.3) is 5.91 Å². The number of amides is 2. The third-order valence-corrected chi connectivity index (χ3v) is 7.31. The zero-order valence-electron chi connectivity index (χ0n) is 21.8. The van der Waals surface area contributed by atoms with Crippen molar-refractivity contribution in [3.05, 3.63) is 65.2 Å². The molecule has 0 saturated carbocycles. The van der Waals surface area contributed by atoms with Gasteiger partial charge in [0.05, 0.1) is 36.0 Å². The minimum atomic E-state index is -0.252. The van der Waals surface area contributed by atoms with Crippen LogP contribution in [0.5, 0.6) is 5.75 Å². The van der Waals surface area contributed by atoms with E-state index in [-0.39, 0.29) is 42.5 Å². The van der Waals surface area contributed by atoms with Crippen LogP contribution in [0.4, 0.5) is 0 Å². The minimum absolute atomic E-state index is 0.0159. The number of nitrogens with zero attached hydrogens (tertiary/aromatic N) is 3. The van der Waals surface area contributed by atoms with Crippen LogP contribution in [0.15, 0.2) is 48.5 Å². The Bertz CT molecular complexity index is 1130. The Hall–Kier alpha value is -3.41. The molecule has 2 aromatic carbocycles. The Balaban J connectivity index is 1.68. The van der Waals surface area contributed by atoms with E-state index in [4.69, 9.17) is 14.2 Å². The van der Waals surface area contributed by atoms with Crippen LogP contribution >= 0.6 is 0 Å². The van der Waals surface area contributed by atoms with Crippen molar-refractivity contribution in [1.82, 2.24) is 9.80 Å². The van der Waals surface area contributed by atoms with E-state index >= 15 is 0 Å². The number of carbonyl (C=O) groups excluding carboxylic acids is 2. The van der Waals surface area contributed by atoms with Gasteiger partial charge in [-0.2, -0.15) is 5.26 Å². The molecule has 8 nitrogen and oxygen atoms in total. The molecule has 0 aliphatic carbocycles. The summed E-state index contributed by atoms with van der Waals surface area (Å²) < 4.78 is 18.1. The maximum Gasteiger partial charge on any atom is 0.257 e. The fourth-order valence-electron chi connectivity index (χ4n) is 5.14. The van der Waals surface area contributed by atoms with Crippen molar-refractivity contribution in [2.75, 3.05) is 40.9 Å². The van der Waals surface area contributed by atoms with Crippen LogP contribution in [-0.2, 0) is 14.3 Å². The second-order valence-electron chi connectivity index (χ2n) is 9.88. The zero-order valence-corrected chi connectivity index (χ0v) is 21.8. The molecule has 2 bridgehead atoms. The Morgan fingerprint density at radius 3 is 2.51 bits per heavy atom. The molecule has 4 rings (SSSR count). The van der Waals surface area contributed by atoms with Gasteiger partial charge in [-0.1, -0.05) is 30.3 Å². The Labute approximate surface area is 218 Å². The quantitative estimate of drug-likeness (QED) is 0.619. The van der Waals surface area contributed by atoms with Crippen molar-refractivity contribution in [1.29, 1.82) is 5.26 Å². The van der Waals surface area contributed by atoms with Gasteiger partial charge in [0.2, 0.25) is 5.91 Å². The van der Waals surface area contributed by atoms with Crippen LogP contribution in [0.25, 0.3) is 0 Å². The maximum atomic E-state index is 13.6. The first-order valence-electron chi connectivity index (χ1n) is 12.8. The smallest absolute Gasteiger partial charge is 0.257 e. The molecule has 8 heteroatoms. The van der Waals surface area contributed by atoms with Crippen molar-refractivity contribution < 1.29 is 23.8 Å². The van der Waals surface area contributed by atoms with Gasteiger partial charge in [0, 0.05) is 53.1 Å². The highest BCUT2D eigenvalue weighted by atomic mass is 16.5. The molecular formula is C29H35N3O5. The third-order valence-electron chi connectivity index (χ3n) is 7.31. The van der Waals surface area contributed by atoms with Crippen LogP contribution in [0.2, 0.25) is 0 Å². The summed E-state index contributed by atoms with van der Waals surface area (Å²) >= 11 is 0. The summed E-state index contributed by atoms with van der Waals surface area (Å²) in [6.45, 7) is 1.14. The highest BCUT2D eigenvalue weighted by Gasteiger charge is 2.34.